The van der Waals surface area contributed by atoms with Crippen LogP contribution in [0.2, 0.25) is 0 Å². The lowest BCUT2D eigenvalue weighted by Gasteiger charge is -2.41. The molecular weight excluding hydrogens is 402 g/mol. The van der Waals surface area contributed by atoms with E-state index in [1.165, 1.54) is 11.8 Å². The molecule has 2 heterocycles. The summed E-state index contributed by atoms with van der Waals surface area (Å²) in [6.45, 7) is 3.85. The number of hydrogen-bond acceptors (Lipinski definition) is 7. The molecule has 2 aliphatic heterocycles. The Hall–Kier alpha value is -2.64. The van der Waals surface area contributed by atoms with E-state index in [2.05, 4.69) is 4.99 Å². The van der Waals surface area contributed by atoms with Gasteiger partial charge in [-0.1, -0.05) is 55.1 Å². The van der Waals surface area contributed by atoms with E-state index in [9.17, 15) is 9.59 Å². The van der Waals surface area contributed by atoms with Gasteiger partial charge in [-0.25, -0.2) is 9.59 Å². The van der Waals surface area contributed by atoms with Crippen LogP contribution in [0.4, 0.5) is 0 Å². The van der Waals surface area contributed by atoms with Gasteiger partial charge in [-0.15, -0.1) is 0 Å². The fourth-order valence-electron chi connectivity index (χ4n) is 3.67. The van der Waals surface area contributed by atoms with Crippen LogP contribution < -0.4 is 0 Å². The number of carbonyl (C=O) groups excluding carboxylic acids is 2. The molecule has 0 N–H and O–H groups in total. The van der Waals surface area contributed by atoms with Gasteiger partial charge in [0, 0.05) is 0 Å². The molecule has 2 aromatic rings. The van der Waals surface area contributed by atoms with Crippen LogP contribution in [0.3, 0.4) is 0 Å². The normalized spacial score (nSPS) is 27.7. The van der Waals surface area contributed by atoms with Crippen LogP contribution in [0, 0.1) is 0 Å². The second-order valence-electron chi connectivity index (χ2n) is 7.18. The lowest BCUT2D eigenvalue weighted by Crippen LogP contribution is -2.57. The number of esters is 2. The van der Waals surface area contributed by atoms with Gasteiger partial charge in [0.25, 0.3) is 0 Å². The van der Waals surface area contributed by atoms with Crippen LogP contribution >= 0.6 is 11.8 Å². The third-order valence-corrected chi connectivity index (χ3v) is 6.21. The predicted molar refractivity (Wildman–Crippen MR) is 115 cm³/mol. The first-order valence-electron chi connectivity index (χ1n) is 9.95. The lowest BCUT2D eigenvalue weighted by atomic mass is 9.96. The maximum absolute atomic E-state index is 12.8. The Morgan fingerprint density at radius 3 is 2.00 bits per heavy atom. The van der Waals surface area contributed by atoms with Crippen LogP contribution in [-0.4, -0.2) is 46.8 Å². The fraction of sp³-hybridized carbons (Fsp3) is 0.348. The highest BCUT2D eigenvalue weighted by Crippen LogP contribution is 2.39. The molecule has 4 rings (SSSR count). The summed E-state index contributed by atoms with van der Waals surface area (Å²) in [5.41, 5.74) is 0.603. The van der Waals surface area contributed by atoms with Crippen LogP contribution in [-0.2, 0) is 14.2 Å². The minimum Gasteiger partial charge on any atom is -0.452 e. The molecular formula is C23H23NO5S. The summed E-state index contributed by atoms with van der Waals surface area (Å²) >= 11 is 1.51. The van der Waals surface area contributed by atoms with Crippen LogP contribution in [0.25, 0.3) is 0 Å². The molecule has 1 saturated heterocycles. The van der Waals surface area contributed by atoms with Gasteiger partial charge in [-0.2, -0.15) is 0 Å². The molecule has 6 nitrogen and oxygen atoms in total. The van der Waals surface area contributed by atoms with Crippen molar-refractivity contribution in [3.63, 3.8) is 0 Å². The summed E-state index contributed by atoms with van der Waals surface area (Å²) in [6.07, 6.45) is -1.29. The molecule has 0 radical (unpaired) electrons. The van der Waals surface area contributed by atoms with Crippen molar-refractivity contribution in [3.8, 4) is 0 Å². The van der Waals surface area contributed by atoms with Crippen molar-refractivity contribution in [2.45, 2.75) is 50.1 Å². The Morgan fingerprint density at radius 2 is 1.47 bits per heavy atom. The second-order valence-corrected chi connectivity index (χ2v) is 8.47. The largest absolute Gasteiger partial charge is 0.452 e. The summed E-state index contributed by atoms with van der Waals surface area (Å²) in [5, 5.41) is 0.857. The minimum absolute atomic E-state index is 0.268. The number of ether oxygens (including phenoxy) is 3. The first-order chi connectivity index (χ1) is 14.6. The number of nitrogens with zero attached hydrogens (tertiary/aromatic N) is 1. The Bertz CT molecular complexity index is 933. The average molecular weight is 426 g/mol. The van der Waals surface area contributed by atoms with E-state index < -0.39 is 36.3 Å². The monoisotopic (exact) mass is 425 g/mol. The molecule has 2 aromatic carbocycles. The van der Waals surface area contributed by atoms with E-state index >= 15 is 0 Å². The van der Waals surface area contributed by atoms with E-state index in [0.29, 0.717) is 17.5 Å². The van der Waals surface area contributed by atoms with Crippen molar-refractivity contribution in [2.75, 3.05) is 0 Å². The Balaban J connectivity index is 1.62. The molecule has 30 heavy (non-hydrogen) atoms. The highest BCUT2D eigenvalue weighted by atomic mass is 32.2. The molecule has 0 aliphatic carbocycles. The standard InChI is InChI=1S/C23H23NO5S/c1-3-17-19(28-21(25)15-10-6-4-7-11-15)20(18-23(27-17)30-14(2)24-18)29-22(26)16-12-8-5-9-13-16/h4-13,17-20,23H,3H2,1-2H3/t17-,18-,19?,20-,23-/m1/s1. The summed E-state index contributed by atoms with van der Waals surface area (Å²) in [5.74, 6) is -0.949. The minimum atomic E-state index is -0.758. The molecule has 0 aromatic heterocycles. The van der Waals surface area contributed by atoms with Crippen molar-refractivity contribution in [1.82, 2.24) is 0 Å². The lowest BCUT2D eigenvalue weighted by molar-refractivity contribution is -0.158. The van der Waals surface area contributed by atoms with Gasteiger partial charge in [0.05, 0.1) is 22.3 Å². The number of benzene rings is 2. The van der Waals surface area contributed by atoms with Gasteiger partial charge in [-0.3, -0.25) is 4.99 Å². The van der Waals surface area contributed by atoms with Gasteiger partial charge in [0.1, 0.15) is 11.5 Å². The maximum atomic E-state index is 12.8. The van der Waals surface area contributed by atoms with E-state index in [0.717, 1.165) is 5.04 Å². The van der Waals surface area contributed by atoms with Crippen LogP contribution in [0.1, 0.15) is 41.0 Å². The van der Waals surface area contributed by atoms with Crippen LogP contribution in [0.5, 0.6) is 0 Å². The van der Waals surface area contributed by atoms with Crippen molar-refractivity contribution in [2.24, 2.45) is 4.99 Å². The van der Waals surface area contributed by atoms with E-state index in [-0.39, 0.29) is 5.44 Å². The quantitative estimate of drug-likeness (QED) is 0.672. The number of thioether (sulfide) groups is 1. The number of aliphatic imine (C=N–C) groups is 1. The van der Waals surface area contributed by atoms with Gasteiger partial charge in [-0.05, 0) is 37.6 Å². The third-order valence-electron chi connectivity index (χ3n) is 5.14. The summed E-state index contributed by atoms with van der Waals surface area (Å²) in [4.78, 5) is 30.2. The zero-order chi connectivity index (χ0) is 21.1. The number of rotatable bonds is 5. The molecule has 5 atom stereocenters. The molecule has 1 fully saturated rings. The average Bonchev–Trinajstić information content (AvgIpc) is 3.16. The molecule has 0 saturated carbocycles. The first-order valence-corrected chi connectivity index (χ1v) is 10.8. The van der Waals surface area contributed by atoms with Crippen molar-refractivity contribution in [1.29, 1.82) is 0 Å². The van der Waals surface area contributed by atoms with Gasteiger partial charge in [0.2, 0.25) is 0 Å². The van der Waals surface area contributed by atoms with E-state index in [4.69, 9.17) is 14.2 Å². The molecule has 1 unspecified atom stereocenters. The third kappa shape index (κ3) is 4.27. The summed E-state index contributed by atoms with van der Waals surface area (Å²) in [7, 11) is 0. The zero-order valence-corrected chi connectivity index (χ0v) is 17.6. The topological polar surface area (TPSA) is 74.2 Å². The first kappa shape index (κ1) is 20.6. The van der Waals surface area contributed by atoms with E-state index in [1.807, 2.05) is 26.0 Å². The smallest absolute Gasteiger partial charge is 0.338 e. The number of hydrogen-bond donors (Lipinski definition) is 0. The van der Waals surface area contributed by atoms with Crippen molar-refractivity contribution >= 4 is 28.7 Å². The SMILES string of the molecule is CC[C@H]1O[C@@H]2SC(C)=N[C@@H]2[C@@H](OC(=O)c2ccccc2)C1OC(=O)c1ccccc1. The van der Waals surface area contributed by atoms with Gasteiger partial charge in [0.15, 0.2) is 12.2 Å². The second kappa shape index (κ2) is 9.02. The van der Waals surface area contributed by atoms with Gasteiger partial charge < -0.3 is 14.2 Å². The highest BCUT2D eigenvalue weighted by molar-refractivity contribution is 8.14. The summed E-state index contributed by atoms with van der Waals surface area (Å²) < 4.78 is 17.9. The maximum Gasteiger partial charge on any atom is 0.338 e. The summed E-state index contributed by atoms with van der Waals surface area (Å²) in [6, 6.07) is 17.1. The van der Waals surface area contributed by atoms with Crippen molar-refractivity contribution in [3.05, 3.63) is 71.8 Å². The Kier molecular flexibility index (Phi) is 6.20. The highest BCUT2D eigenvalue weighted by Gasteiger charge is 2.52. The van der Waals surface area contributed by atoms with Gasteiger partial charge >= 0.3 is 11.9 Å². The Labute approximate surface area is 179 Å². The van der Waals surface area contributed by atoms with Crippen LogP contribution in [0.15, 0.2) is 65.7 Å². The molecule has 0 spiro atoms. The Morgan fingerprint density at radius 1 is 0.933 bits per heavy atom. The number of carbonyl (C=O) groups is 2. The van der Waals surface area contributed by atoms with Crippen molar-refractivity contribution < 1.29 is 23.8 Å². The number of fused-ring (bicyclic) bond motifs is 1. The molecule has 2 aliphatic rings. The molecule has 156 valence electrons. The fourth-order valence-corrected chi connectivity index (χ4v) is 4.74. The molecule has 0 amide bonds. The molecule has 0 bridgehead atoms. The predicted octanol–water partition coefficient (Wildman–Crippen LogP) is 4.11. The zero-order valence-electron chi connectivity index (χ0n) is 16.8. The van der Waals surface area contributed by atoms with E-state index in [1.54, 1.807) is 48.5 Å². The molecule has 7 heteroatoms.